The summed E-state index contributed by atoms with van der Waals surface area (Å²) in [6.45, 7) is 0. The van der Waals surface area contributed by atoms with Gasteiger partial charge >= 0.3 is 0 Å². The Balaban J connectivity index is 1.07. The van der Waals surface area contributed by atoms with Crippen LogP contribution in [0.4, 0.5) is 0 Å². The summed E-state index contributed by atoms with van der Waals surface area (Å²) in [5, 5.41) is 4.68. The van der Waals surface area contributed by atoms with Crippen LogP contribution in [0.1, 0.15) is 0 Å². The molecule has 3 heterocycles. The van der Waals surface area contributed by atoms with Gasteiger partial charge in [0.1, 0.15) is 11.2 Å². The van der Waals surface area contributed by atoms with Crippen LogP contribution in [0, 0.1) is 0 Å². The monoisotopic (exact) mass is 733 g/mol. The molecule has 0 radical (unpaired) electrons. The molecule has 0 saturated carbocycles. The van der Waals surface area contributed by atoms with Crippen LogP contribution in [0.2, 0.25) is 0 Å². The first-order valence-corrected chi connectivity index (χ1v) is 19.5. The van der Waals surface area contributed by atoms with Gasteiger partial charge in [0.05, 0.1) is 0 Å². The summed E-state index contributed by atoms with van der Waals surface area (Å²) in [4.78, 5) is 15.4. The average Bonchev–Trinajstić information content (AvgIpc) is 3.85. The van der Waals surface area contributed by atoms with Gasteiger partial charge in [-0.05, 0) is 52.6 Å². The normalized spacial score (nSPS) is 11.6. The third-order valence-electron chi connectivity index (χ3n) is 10.5. The van der Waals surface area contributed by atoms with E-state index in [-0.39, 0.29) is 0 Å². The Morgan fingerprint density at radius 3 is 1.50 bits per heavy atom. The van der Waals surface area contributed by atoms with Gasteiger partial charge in [-0.1, -0.05) is 158 Å². The van der Waals surface area contributed by atoms with E-state index in [1.165, 1.54) is 25.7 Å². The molecule has 0 N–H and O–H groups in total. The zero-order chi connectivity index (χ0) is 37.0. The highest BCUT2D eigenvalue weighted by molar-refractivity contribution is 7.26. The van der Waals surface area contributed by atoms with Gasteiger partial charge in [0, 0.05) is 58.8 Å². The topological polar surface area (TPSA) is 51.8 Å². The van der Waals surface area contributed by atoms with Crippen molar-refractivity contribution in [3.63, 3.8) is 0 Å². The number of para-hydroxylation sites is 1. The lowest BCUT2D eigenvalue weighted by Gasteiger charge is -2.10. The Morgan fingerprint density at radius 1 is 0.339 bits per heavy atom. The summed E-state index contributed by atoms with van der Waals surface area (Å²) >= 11 is 1.83. The fourth-order valence-electron chi connectivity index (χ4n) is 7.81. The van der Waals surface area contributed by atoms with Crippen molar-refractivity contribution in [1.82, 2.24) is 15.0 Å². The van der Waals surface area contributed by atoms with Crippen molar-refractivity contribution >= 4 is 53.4 Å². The number of hydrogen-bond acceptors (Lipinski definition) is 5. The Bertz CT molecular complexity index is 3160. The molecule has 11 aromatic rings. The Hall–Kier alpha value is -7.21. The molecule has 3 aromatic heterocycles. The maximum absolute atomic E-state index is 6.82. The van der Waals surface area contributed by atoms with Gasteiger partial charge < -0.3 is 4.42 Å². The van der Waals surface area contributed by atoms with Gasteiger partial charge in [0.15, 0.2) is 17.5 Å². The van der Waals surface area contributed by atoms with Crippen molar-refractivity contribution in [2.75, 3.05) is 0 Å². The maximum Gasteiger partial charge on any atom is 0.164 e. The predicted octanol–water partition coefficient (Wildman–Crippen LogP) is 14.1. The maximum atomic E-state index is 6.82. The van der Waals surface area contributed by atoms with Gasteiger partial charge in [-0.2, -0.15) is 0 Å². The number of furan rings is 1. The van der Waals surface area contributed by atoms with Gasteiger partial charge in [0.2, 0.25) is 0 Å². The summed E-state index contributed by atoms with van der Waals surface area (Å²) in [5.74, 6) is 1.80. The molecule has 0 bridgehead atoms. The zero-order valence-electron chi connectivity index (χ0n) is 30.1. The highest BCUT2D eigenvalue weighted by Gasteiger charge is 2.19. The SMILES string of the molecule is c1ccc(-c2cccc(-c3nc(-c4cccc(-c5ccccc5)c4)nc(-c4ccc5c(c4)oc4c(-c6cccc7c6sc6ccccc67)cccc45)n3)c2)cc1. The molecule has 0 atom stereocenters. The molecule has 0 saturated heterocycles. The number of thiophene rings is 1. The Kier molecular flexibility index (Phi) is 7.64. The molecular formula is C51H31N3OS. The molecular weight excluding hydrogens is 703 g/mol. The highest BCUT2D eigenvalue weighted by Crippen LogP contribution is 2.44. The van der Waals surface area contributed by atoms with Crippen LogP contribution in [0.25, 0.3) is 110 Å². The largest absolute Gasteiger partial charge is 0.455 e. The van der Waals surface area contributed by atoms with Crippen LogP contribution in [0.5, 0.6) is 0 Å². The van der Waals surface area contributed by atoms with Crippen molar-refractivity contribution in [3.8, 4) is 67.5 Å². The average molecular weight is 734 g/mol. The van der Waals surface area contributed by atoms with Gasteiger partial charge in [0.25, 0.3) is 0 Å². The van der Waals surface area contributed by atoms with E-state index < -0.39 is 0 Å². The smallest absolute Gasteiger partial charge is 0.164 e. The van der Waals surface area contributed by atoms with E-state index in [1.807, 2.05) is 23.5 Å². The second kappa shape index (κ2) is 13.3. The first-order valence-electron chi connectivity index (χ1n) is 18.7. The predicted molar refractivity (Wildman–Crippen MR) is 233 cm³/mol. The van der Waals surface area contributed by atoms with Crippen LogP contribution in [0.15, 0.2) is 192 Å². The Labute approximate surface area is 327 Å². The van der Waals surface area contributed by atoms with E-state index >= 15 is 0 Å². The number of benzene rings is 8. The third kappa shape index (κ3) is 5.56. The van der Waals surface area contributed by atoms with Gasteiger partial charge in [-0.15, -0.1) is 11.3 Å². The van der Waals surface area contributed by atoms with Crippen molar-refractivity contribution in [3.05, 3.63) is 188 Å². The first kappa shape index (κ1) is 32.2. The minimum atomic E-state index is 0.581. The highest BCUT2D eigenvalue weighted by atomic mass is 32.1. The molecule has 0 aliphatic heterocycles. The molecule has 0 fully saturated rings. The summed E-state index contributed by atoms with van der Waals surface area (Å²) in [6.07, 6.45) is 0. The van der Waals surface area contributed by atoms with Crippen LogP contribution in [0.3, 0.4) is 0 Å². The Morgan fingerprint density at radius 2 is 0.839 bits per heavy atom. The third-order valence-corrected chi connectivity index (χ3v) is 11.8. The van der Waals surface area contributed by atoms with E-state index in [2.05, 4.69) is 176 Å². The fourth-order valence-corrected chi connectivity index (χ4v) is 9.04. The van der Waals surface area contributed by atoms with Crippen LogP contribution >= 0.6 is 11.3 Å². The quantitative estimate of drug-likeness (QED) is 0.171. The van der Waals surface area contributed by atoms with Crippen molar-refractivity contribution in [2.24, 2.45) is 0 Å². The molecule has 56 heavy (non-hydrogen) atoms. The minimum Gasteiger partial charge on any atom is -0.455 e. The van der Waals surface area contributed by atoms with Crippen molar-refractivity contribution in [1.29, 1.82) is 0 Å². The molecule has 0 aliphatic rings. The number of rotatable bonds is 6. The zero-order valence-corrected chi connectivity index (χ0v) is 30.9. The minimum absolute atomic E-state index is 0.581. The summed E-state index contributed by atoms with van der Waals surface area (Å²) in [5.41, 5.74) is 11.1. The van der Waals surface area contributed by atoms with Crippen LogP contribution in [-0.4, -0.2) is 15.0 Å². The second-order valence-electron chi connectivity index (χ2n) is 14.0. The number of nitrogens with zero attached hydrogens (tertiary/aromatic N) is 3. The van der Waals surface area contributed by atoms with Gasteiger partial charge in [-0.25, -0.2) is 15.0 Å². The van der Waals surface area contributed by atoms with Crippen molar-refractivity contribution < 1.29 is 4.42 Å². The van der Waals surface area contributed by atoms with Gasteiger partial charge in [-0.3, -0.25) is 0 Å². The number of fused-ring (bicyclic) bond motifs is 6. The molecule has 0 unspecified atom stereocenters. The molecule has 0 amide bonds. The van der Waals surface area contributed by atoms with Crippen LogP contribution in [-0.2, 0) is 0 Å². The summed E-state index contributed by atoms with van der Waals surface area (Å²) in [6, 6.07) is 65.5. The molecule has 5 heteroatoms. The lowest BCUT2D eigenvalue weighted by molar-refractivity contribution is 0.670. The molecule has 0 aliphatic carbocycles. The van der Waals surface area contributed by atoms with E-state index in [0.29, 0.717) is 17.5 Å². The first-order chi connectivity index (χ1) is 27.7. The van der Waals surface area contributed by atoms with E-state index in [9.17, 15) is 0 Å². The molecule has 262 valence electrons. The molecule has 0 spiro atoms. The molecule has 4 nitrogen and oxygen atoms in total. The number of hydrogen-bond donors (Lipinski definition) is 0. The van der Waals surface area contributed by atoms with Crippen molar-refractivity contribution in [2.45, 2.75) is 0 Å². The summed E-state index contributed by atoms with van der Waals surface area (Å²) < 4.78 is 9.36. The lowest BCUT2D eigenvalue weighted by Crippen LogP contribution is -2.00. The lowest BCUT2D eigenvalue weighted by atomic mass is 10.00. The molecule has 8 aromatic carbocycles. The van der Waals surface area contributed by atoms with E-state index in [1.54, 1.807) is 0 Å². The van der Waals surface area contributed by atoms with E-state index in [0.717, 1.165) is 66.4 Å². The standard InChI is InChI=1S/C51H31N3OS/c1-3-13-32(14-4-1)34-17-9-19-36(29-34)49-52-50(37-20-10-18-35(30-37)33-15-5-2-6-16-33)54-51(53-49)38-27-28-39-41-22-11-23-42(47(41)55-45(39)31-38)44-25-12-24-43-40-21-7-8-26-46(40)56-48(43)44/h1-31H. The molecule has 11 rings (SSSR count). The van der Waals surface area contributed by atoms with E-state index in [4.69, 9.17) is 19.4 Å². The summed E-state index contributed by atoms with van der Waals surface area (Å²) in [7, 11) is 0. The van der Waals surface area contributed by atoms with Crippen LogP contribution < -0.4 is 0 Å². The second-order valence-corrected chi connectivity index (χ2v) is 15.0. The number of aromatic nitrogens is 3. The fraction of sp³-hybridized carbons (Fsp3) is 0.